The van der Waals surface area contributed by atoms with E-state index in [1.54, 1.807) is 37.0 Å². The molecule has 1 atom stereocenters. The molecular formula is C22H23FN4O3. The van der Waals surface area contributed by atoms with Crippen molar-refractivity contribution < 1.29 is 18.7 Å². The molecule has 7 nitrogen and oxygen atoms in total. The monoisotopic (exact) mass is 410 g/mol. The minimum absolute atomic E-state index is 0.244. The third-order valence-corrected chi connectivity index (χ3v) is 4.76. The zero-order valence-electron chi connectivity index (χ0n) is 17.0. The van der Waals surface area contributed by atoms with Crippen molar-refractivity contribution >= 4 is 17.5 Å². The fourth-order valence-corrected chi connectivity index (χ4v) is 3.16. The molecule has 0 saturated carbocycles. The highest BCUT2D eigenvalue weighted by Crippen LogP contribution is 2.41. The Labute approximate surface area is 173 Å². The number of anilines is 1. The maximum atomic E-state index is 13.5. The number of halogens is 1. The molecule has 0 unspecified atom stereocenters. The number of aromatic nitrogens is 2. The third-order valence-electron chi connectivity index (χ3n) is 4.76. The highest BCUT2D eigenvalue weighted by Gasteiger charge is 2.31. The number of allylic oxidation sites excluding steroid dienone is 4. The smallest absolute Gasteiger partial charge is 0.255 e. The predicted octanol–water partition coefficient (Wildman–Crippen LogP) is 3.49. The maximum absolute atomic E-state index is 13.5. The number of carbonyl (C=O) groups is 2. The standard InChI is InChI=1S/C22H23FN4O3/c1-5-15(23)7-6-13(2)19-12-30-20-17(19)8-14(9-18(20)22(29)24-3)21(28)26-16-10-25-27(4)11-16/h5-11,19H,2,12H2,1,3-4H3,(H,24,29)(H,26,28)/b7-6-,15-5+/t19-/m1/s1. The van der Waals surface area contributed by atoms with Crippen molar-refractivity contribution in [2.45, 2.75) is 12.8 Å². The van der Waals surface area contributed by atoms with Gasteiger partial charge in [0.1, 0.15) is 11.6 Å². The van der Waals surface area contributed by atoms with Gasteiger partial charge in [-0.15, -0.1) is 0 Å². The average molecular weight is 410 g/mol. The van der Waals surface area contributed by atoms with Crippen LogP contribution in [0.5, 0.6) is 5.75 Å². The molecule has 30 heavy (non-hydrogen) atoms. The molecule has 1 aliphatic rings. The molecule has 0 radical (unpaired) electrons. The van der Waals surface area contributed by atoms with Gasteiger partial charge < -0.3 is 15.4 Å². The van der Waals surface area contributed by atoms with Gasteiger partial charge in [0.25, 0.3) is 11.8 Å². The van der Waals surface area contributed by atoms with Crippen molar-refractivity contribution in [3.05, 3.63) is 77.4 Å². The number of amides is 2. The van der Waals surface area contributed by atoms with E-state index in [9.17, 15) is 14.0 Å². The van der Waals surface area contributed by atoms with Gasteiger partial charge >= 0.3 is 0 Å². The van der Waals surface area contributed by atoms with E-state index in [2.05, 4.69) is 22.3 Å². The molecule has 0 saturated heterocycles. The Bertz CT molecular complexity index is 1070. The van der Waals surface area contributed by atoms with Crippen LogP contribution in [0.2, 0.25) is 0 Å². The van der Waals surface area contributed by atoms with Gasteiger partial charge in [-0.1, -0.05) is 18.7 Å². The molecule has 2 amide bonds. The summed E-state index contributed by atoms with van der Waals surface area (Å²) >= 11 is 0. The van der Waals surface area contributed by atoms with E-state index < -0.39 is 0 Å². The first-order chi connectivity index (χ1) is 14.3. The molecule has 1 aromatic heterocycles. The van der Waals surface area contributed by atoms with Crippen LogP contribution >= 0.6 is 0 Å². The van der Waals surface area contributed by atoms with E-state index >= 15 is 0 Å². The van der Waals surface area contributed by atoms with Crippen LogP contribution < -0.4 is 15.4 Å². The van der Waals surface area contributed by atoms with Crippen LogP contribution in [0.3, 0.4) is 0 Å². The second kappa shape index (κ2) is 8.77. The number of hydrogen-bond donors (Lipinski definition) is 2. The van der Waals surface area contributed by atoms with Crippen molar-refractivity contribution in [2.75, 3.05) is 19.0 Å². The summed E-state index contributed by atoms with van der Waals surface area (Å²) in [4.78, 5) is 25.2. The fraction of sp³-hybridized carbons (Fsp3) is 0.227. The van der Waals surface area contributed by atoms with Gasteiger partial charge in [-0.05, 0) is 30.7 Å². The third kappa shape index (κ3) is 4.32. The number of ether oxygens (including phenoxy) is 1. The second-order valence-corrected chi connectivity index (χ2v) is 6.82. The van der Waals surface area contributed by atoms with Gasteiger partial charge in [-0.2, -0.15) is 5.10 Å². The fourth-order valence-electron chi connectivity index (χ4n) is 3.16. The van der Waals surface area contributed by atoms with Gasteiger partial charge in [0.15, 0.2) is 0 Å². The molecule has 8 heteroatoms. The van der Waals surface area contributed by atoms with Crippen molar-refractivity contribution in [3.8, 4) is 5.75 Å². The van der Waals surface area contributed by atoms with Crippen LogP contribution in [-0.4, -0.2) is 35.2 Å². The first-order valence-electron chi connectivity index (χ1n) is 9.35. The highest BCUT2D eigenvalue weighted by atomic mass is 19.1. The van der Waals surface area contributed by atoms with Gasteiger partial charge in [0.05, 0.1) is 24.1 Å². The Hall–Kier alpha value is -3.68. The summed E-state index contributed by atoms with van der Waals surface area (Å²) in [6.07, 6.45) is 7.42. The van der Waals surface area contributed by atoms with Crippen molar-refractivity contribution in [3.63, 3.8) is 0 Å². The Balaban J connectivity index is 1.98. The van der Waals surface area contributed by atoms with E-state index in [1.165, 1.54) is 31.5 Å². The Morgan fingerprint density at radius 2 is 2.10 bits per heavy atom. The number of aryl methyl sites for hydroxylation is 1. The van der Waals surface area contributed by atoms with Crippen LogP contribution in [0.1, 0.15) is 39.1 Å². The first kappa shape index (κ1) is 21.0. The van der Waals surface area contributed by atoms with Crippen LogP contribution in [0.25, 0.3) is 0 Å². The maximum Gasteiger partial charge on any atom is 0.255 e. The molecule has 0 bridgehead atoms. The SMILES string of the molecule is C=C(/C=C\C(F)=C/C)[C@H]1COc2c(C(=O)NC)cc(C(=O)Nc3cnn(C)c3)cc21. The van der Waals surface area contributed by atoms with E-state index in [4.69, 9.17) is 4.74 Å². The summed E-state index contributed by atoms with van der Waals surface area (Å²) in [7, 11) is 3.25. The molecule has 1 aliphatic heterocycles. The number of nitrogens with zero attached hydrogens (tertiary/aromatic N) is 2. The number of carbonyl (C=O) groups excluding carboxylic acids is 2. The Kier molecular flexibility index (Phi) is 6.15. The van der Waals surface area contributed by atoms with Gasteiger partial charge in [0, 0.05) is 37.3 Å². The van der Waals surface area contributed by atoms with Crippen LogP contribution in [0.4, 0.5) is 10.1 Å². The molecule has 3 rings (SSSR count). The van der Waals surface area contributed by atoms with Crippen LogP contribution in [-0.2, 0) is 7.05 Å². The minimum Gasteiger partial charge on any atom is -0.491 e. The molecule has 156 valence electrons. The van der Waals surface area contributed by atoms with Gasteiger partial charge in [-0.25, -0.2) is 4.39 Å². The van der Waals surface area contributed by atoms with E-state index in [0.29, 0.717) is 28.1 Å². The Morgan fingerprint density at radius 3 is 2.73 bits per heavy atom. The number of benzene rings is 1. The van der Waals surface area contributed by atoms with Gasteiger partial charge in [-0.3, -0.25) is 14.3 Å². The molecule has 2 aromatic rings. The summed E-state index contributed by atoms with van der Waals surface area (Å²) in [6, 6.07) is 3.17. The lowest BCUT2D eigenvalue weighted by atomic mass is 9.90. The zero-order chi connectivity index (χ0) is 21.8. The van der Waals surface area contributed by atoms with E-state index in [0.717, 1.165) is 0 Å². The largest absolute Gasteiger partial charge is 0.491 e. The summed E-state index contributed by atoms with van der Waals surface area (Å²) in [5.74, 6) is -1.05. The highest BCUT2D eigenvalue weighted by molar-refractivity contribution is 6.07. The zero-order valence-corrected chi connectivity index (χ0v) is 17.0. The molecular weight excluding hydrogens is 387 g/mol. The number of hydrogen-bond acceptors (Lipinski definition) is 4. The van der Waals surface area contributed by atoms with Crippen LogP contribution in [0.15, 0.2) is 60.7 Å². The molecule has 1 aromatic carbocycles. The van der Waals surface area contributed by atoms with E-state index in [-0.39, 0.29) is 35.7 Å². The number of nitrogens with one attached hydrogen (secondary N) is 2. The Morgan fingerprint density at radius 1 is 1.33 bits per heavy atom. The van der Waals surface area contributed by atoms with Gasteiger partial charge in [0.2, 0.25) is 0 Å². The molecule has 0 aliphatic carbocycles. The van der Waals surface area contributed by atoms with Crippen LogP contribution in [0, 0.1) is 0 Å². The normalized spacial score (nSPS) is 15.6. The van der Waals surface area contributed by atoms with E-state index in [1.807, 2.05) is 0 Å². The lowest BCUT2D eigenvalue weighted by molar-refractivity contribution is 0.0960. The quantitative estimate of drug-likeness (QED) is 0.714. The van der Waals surface area contributed by atoms with Crippen molar-refractivity contribution in [1.82, 2.24) is 15.1 Å². The lowest BCUT2D eigenvalue weighted by Crippen LogP contribution is -2.20. The first-order valence-corrected chi connectivity index (χ1v) is 9.35. The predicted molar refractivity (Wildman–Crippen MR) is 112 cm³/mol. The molecule has 0 spiro atoms. The summed E-state index contributed by atoms with van der Waals surface area (Å²) in [5, 5.41) is 9.34. The summed E-state index contributed by atoms with van der Waals surface area (Å²) in [5.41, 5.74) is 2.35. The average Bonchev–Trinajstić information content (AvgIpc) is 3.36. The number of rotatable bonds is 6. The second-order valence-electron chi connectivity index (χ2n) is 6.82. The minimum atomic E-state index is -0.386. The summed E-state index contributed by atoms with van der Waals surface area (Å²) in [6.45, 7) is 5.85. The lowest BCUT2D eigenvalue weighted by Gasteiger charge is -2.12. The molecule has 2 heterocycles. The topological polar surface area (TPSA) is 85.2 Å². The molecule has 0 fully saturated rings. The molecule has 2 N–H and O–H groups in total. The van der Waals surface area contributed by atoms with Crippen molar-refractivity contribution in [2.24, 2.45) is 7.05 Å². The summed E-state index contributed by atoms with van der Waals surface area (Å²) < 4.78 is 20.8. The number of fused-ring (bicyclic) bond motifs is 1. The van der Waals surface area contributed by atoms with Crippen molar-refractivity contribution in [1.29, 1.82) is 0 Å².